The second-order valence-electron chi connectivity index (χ2n) is 7.62. The molecule has 184 valence electrons. The Bertz CT molecular complexity index is 1430. The molecule has 1 amide bonds. The van der Waals surface area contributed by atoms with Gasteiger partial charge in [0, 0.05) is 17.5 Å². The Labute approximate surface area is 192 Å². The molecule has 4 rings (SSSR count). The van der Waals surface area contributed by atoms with Crippen molar-refractivity contribution >= 4 is 22.6 Å². The quantitative estimate of drug-likeness (QED) is 0.239. The predicted molar refractivity (Wildman–Crippen MR) is 108 cm³/mol. The van der Waals surface area contributed by atoms with Crippen molar-refractivity contribution in [1.82, 2.24) is 24.5 Å². The Hall–Kier alpha value is -3.97. The van der Waals surface area contributed by atoms with E-state index in [1.54, 1.807) is 0 Å². The smallest absolute Gasteiger partial charge is 0.264 e. The summed E-state index contributed by atoms with van der Waals surface area (Å²) < 4.78 is 96.6. The zero-order chi connectivity index (χ0) is 25.6. The SMILES string of the molecule is Cc1cc(C(F)F)c2c(C)nn(CC(=O)Nc3cnn(Cc4c(F)c(F)c(F)c(F)c4F)c3)c2n1. The third kappa shape index (κ3) is 4.42. The molecule has 0 aliphatic carbocycles. The van der Waals surface area contributed by atoms with Gasteiger partial charge in [-0.3, -0.25) is 9.48 Å². The topological polar surface area (TPSA) is 77.6 Å². The Balaban J connectivity index is 1.53. The number of rotatable bonds is 6. The highest BCUT2D eigenvalue weighted by Crippen LogP contribution is 2.30. The van der Waals surface area contributed by atoms with Crippen molar-refractivity contribution in [3.8, 4) is 0 Å². The Morgan fingerprint density at radius 3 is 2.29 bits per heavy atom. The van der Waals surface area contributed by atoms with E-state index in [1.807, 2.05) is 0 Å². The van der Waals surface area contributed by atoms with Crippen LogP contribution in [0.5, 0.6) is 0 Å². The summed E-state index contributed by atoms with van der Waals surface area (Å²) >= 11 is 0. The maximum atomic E-state index is 13.9. The van der Waals surface area contributed by atoms with Crippen LogP contribution in [0.25, 0.3) is 11.0 Å². The molecule has 0 bridgehead atoms. The second kappa shape index (κ2) is 9.00. The van der Waals surface area contributed by atoms with Gasteiger partial charge in [-0.25, -0.2) is 40.4 Å². The van der Waals surface area contributed by atoms with Gasteiger partial charge in [0.1, 0.15) is 6.54 Å². The minimum absolute atomic E-state index is 0.0458. The maximum absolute atomic E-state index is 13.9. The fourth-order valence-electron chi connectivity index (χ4n) is 3.60. The summed E-state index contributed by atoms with van der Waals surface area (Å²) in [7, 11) is 0. The highest BCUT2D eigenvalue weighted by atomic mass is 19.3. The number of pyridine rings is 1. The number of nitrogens with zero attached hydrogens (tertiary/aromatic N) is 5. The average Bonchev–Trinajstić information content (AvgIpc) is 3.36. The molecule has 0 atom stereocenters. The summed E-state index contributed by atoms with van der Waals surface area (Å²) in [5.74, 6) is -11.1. The van der Waals surface area contributed by atoms with Crippen molar-refractivity contribution in [3.05, 3.63) is 70.1 Å². The summed E-state index contributed by atoms with van der Waals surface area (Å²) in [5, 5.41) is 10.4. The first-order valence-electron chi connectivity index (χ1n) is 9.93. The molecule has 0 fully saturated rings. The van der Waals surface area contributed by atoms with Gasteiger partial charge in [0.2, 0.25) is 11.7 Å². The predicted octanol–water partition coefficient (Wildman–Crippen LogP) is 4.56. The van der Waals surface area contributed by atoms with E-state index in [2.05, 4.69) is 20.5 Å². The molecule has 35 heavy (non-hydrogen) atoms. The van der Waals surface area contributed by atoms with Crippen LogP contribution in [0.4, 0.5) is 36.4 Å². The van der Waals surface area contributed by atoms with Gasteiger partial charge < -0.3 is 5.32 Å². The fourth-order valence-corrected chi connectivity index (χ4v) is 3.60. The molecular formula is C21H15F7N6O. The van der Waals surface area contributed by atoms with Gasteiger partial charge in [-0.15, -0.1) is 0 Å². The highest BCUT2D eigenvalue weighted by Gasteiger charge is 2.26. The lowest BCUT2D eigenvalue weighted by Crippen LogP contribution is -2.19. The Morgan fingerprint density at radius 2 is 1.66 bits per heavy atom. The van der Waals surface area contributed by atoms with E-state index in [9.17, 15) is 35.5 Å². The molecular weight excluding hydrogens is 485 g/mol. The van der Waals surface area contributed by atoms with Gasteiger partial charge >= 0.3 is 0 Å². The minimum Gasteiger partial charge on any atom is -0.322 e. The molecule has 0 radical (unpaired) electrons. The average molecular weight is 500 g/mol. The second-order valence-corrected chi connectivity index (χ2v) is 7.62. The number of carbonyl (C=O) groups excluding carboxylic acids is 1. The van der Waals surface area contributed by atoms with E-state index in [1.165, 1.54) is 19.9 Å². The normalized spacial score (nSPS) is 11.6. The largest absolute Gasteiger partial charge is 0.322 e. The van der Waals surface area contributed by atoms with Crippen molar-refractivity contribution in [1.29, 1.82) is 0 Å². The molecule has 3 heterocycles. The molecule has 0 unspecified atom stereocenters. The molecule has 0 saturated heterocycles. The number of alkyl halides is 2. The monoisotopic (exact) mass is 500 g/mol. The number of nitrogens with one attached hydrogen (secondary N) is 1. The molecule has 1 aromatic carbocycles. The number of aryl methyl sites for hydroxylation is 2. The Kier molecular flexibility index (Phi) is 6.21. The number of hydrogen-bond acceptors (Lipinski definition) is 4. The Morgan fingerprint density at radius 1 is 1.03 bits per heavy atom. The number of fused-ring (bicyclic) bond motifs is 1. The molecule has 0 aliphatic rings. The molecule has 3 aromatic heterocycles. The summed E-state index contributed by atoms with van der Waals surface area (Å²) in [4.78, 5) is 16.7. The van der Waals surface area contributed by atoms with Crippen LogP contribution in [0.1, 0.15) is 28.9 Å². The van der Waals surface area contributed by atoms with Crippen molar-refractivity contribution < 1.29 is 35.5 Å². The molecule has 0 aliphatic heterocycles. The first kappa shape index (κ1) is 24.2. The lowest BCUT2D eigenvalue weighted by molar-refractivity contribution is -0.116. The molecule has 0 saturated carbocycles. The van der Waals surface area contributed by atoms with E-state index < -0.39 is 60.1 Å². The molecule has 4 aromatic rings. The lowest BCUT2D eigenvalue weighted by atomic mass is 10.1. The van der Waals surface area contributed by atoms with E-state index >= 15 is 0 Å². The van der Waals surface area contributed by atoms with Gasteiger partial charge in [0.25, 0.3) is 6.43 Å². The third-order valence-electron chi connectivity index (χ3n) is 5.10. The summed E-state index contributed by atoms with van der Waals surface area (Å²) in [6, 6.07) is 1.24. The van der Waals surface area contributed by atoms with E-state index in [4.69, 9.17) is 0 Å². The number of carbonyl (C=O) groups is 1. The van der Waals surface area contributed by atoms with Crippen LogP contribution in [0.3, 0.4) is 0 Å². The van der Waals surface area contributed by atoms with Crippen LogP contribution in [0.15, 0.2) is 18.5 Å². The first-order chi connectivity index (χ1) is 16.5. The van der Waals surface area contributed by atoms with E-state index in [0.29, 0.717) is 5.69 Å². The van der Waals surface area contributed by atoms with Crippen LogP contribution in [0.2, 0.25) is 0 Å². The van der Waals surface area contributed by atoms with Crippen LogP contribution < -0.4 is 5.32 Å². The van der Waals surface area contributed by atoms with Crippen molar-refractivity contribution in [2.75, 3.05) is 5.32 Å². The van der Waals surface area contributed by atoms with Gasteiger partial charge in [-0.1, -0.05) is 0 Å². The molecule has 14 heteroatoms. The van der Waals surface area contributed by atoms with Crippen LogP contribution in [-0.2, 0) is 17.9 Å². The molecule has 1 N–H and O–H groups in total. The number of aromatic nitrogens is 5. The van der Waals surface area contributed by atoms with Gasteiger partial charge in [0.15, 0.2) is 28.9 Å². The van der Waals surface area contributed by atoms with Crippen molar-refractivity contribution in [2.24, 2.45) is 0 Å². The third-order valence-corrected chi connectivity index (χ3v) is 5.10. The van der Waals surface area contributed by atoms with Crippen LogP contribution >= 0.6 is 0 Å². The summed E-state index contributed by atoms with van der Waals surface area (Å²) in [5.41, 5.74) is -0.655. The maximum Gasteiger partial charge on any atom is 0.264 e. The van der Waals surface area contributed by atoms with E-state index in [-0.39, 0.29) is 28.0 Å². The first-order valence-corrected chi connectivity index (χ1v) is 9.93. The zero-order valence-corrected chi connectivity index (χ0v) is 18.0. The number of anilines is 1. The zero-order valence-electron chi connectivity index (χ0n) is 18.0. The van der Waals surface area contributed by atoms with Crippen LogP contribution in [-0.4, -0.2) is 30.5 Å². The lowest BCUT2D eigenvalue weighted by Gasteiger charge is -2.08. The minimum atomic E-state index is -2.77. The standard InChI is InChI=1S/C21H15F7N6O/c1-8-3-11(20(27)28)14-9(2)32-34(21(14)30-8)7-13(35)31-10-4-29-33(5-10)6-12-15(22)17(24)19(26)18(25)16(12)23/h3-5,20H,6-7H2,1-2H3,(H,31,35). The highest BCUT2D eigenvalue weighted by molar-refractivity contribution is 5.91. The van der Waals surface area contributed by atoms with Gasteiger partial charge in [-0.2, -0.15) is 10.2 Å². The molecule has 7 nitrogen and oxygen atoms in total. The summed E-state index contributed by atoms with van der Waals surface area (Å²) in [6.45, 7) is 1.82. The number of benzene rings is 1. The number of amides is 1. The van der Waals surface area contributed by atoms with Crippen LogP contribution in [0, 0.1) is 42.9 Å². The number of hydrogen-bond donors (Lipinski definition) is 1. The van der Waals surface area contributed by atoms with Crippen molar-refractivity contribution in [3.63, 3.8) is 0 Å². The van der Waals surface area contributed by atoms with Gasteiger partial charge in [0.05, 0.1) is 35.1 Å². The fraction of sp³-hybridized carbons (Fsp3) is 0.238. The van der Waals surface area contributed by atoms with Crippen molar-refractivity contribution in [2.45, 2.75) is 33.4 Å². The molecule has 0 spiro atoms. The summed E-state index contributed by atoms with van der Waals surface area (Å²) in [6.07, 6.45) is -0.569. The number of halogens is 7. The van der Waals surface area contributed by atoms with Gasteiger partial charge in [-0.05, 0) is 19.9 Å². The van der Waals surface area contributed by atoms with E-state index in [0.717, 1.165) is 21.8 Å².